The van der Waals surface area contributed by atoms with Crippen molar-refractivity contribution >= 4 is 22.6 Å². The van der Waals surface area contributed by atoms with Crippen LogP contribution in [0.2, 0.25) is 0 Å². The molecule has 2 N–H and O–H groups in total. The summed E-state index contributed by atoms with van der Waals surface area (Å²) in [4.78, 5) is 18.3. The SMILES string of the molecule is COc1ccccc1-c1ccc(N2CCCC(C(=O)NCCc3c[nH]c4ccccc34)C2)nn1. The zero-order chi connectivity index (χ0) is 23.3. The molecule has 1 aliphatic heterocycles. The lowest BCUT2D eigenvalue weighted by atomic mass is 9.97. The summed E-state index contributed by atoms with van der Waals surface area (Å²) in [5.74, 6) is 1.64. The number of fused-ring (bicyclic) bond motifs is 1. The molecule has 5 rings (SSSR count). The van der Waals surface area contributed by atoms with Gasteiger partial charge in [0.25, 0.3) is 0 Å². The second-order valence-electron chi connectivity index (χ2n) is 8.66. The number of ether oxygens (including phenoxy) is 1. The predicted molar refractivity (Wildman–Crippen MR) is 134 cm³/mol. The quantitative estimate of drug-likeness (QED) is 0.436. The maximum absolute atomic E-state index is 12.9. The summed E-state index contributed by atoms with van der Waals surface area (Å²) in [5.41, 5.74) is 4.04. The molecular weight excluding hydrogens is 426 g/mol. The maximum atomic E-state index is 12.9. The molecule has 0 radical (unpaired) electrons. The molecule has 3 heterocycles. The Morgan fingerprint density at radius 2 is 1.97 bits per heavy atom. The summed E-state index contributed by atoms with van der Waals surface area (Å²) in [5, 5.41) is 13.2. The van der Waals surface area contributed by atoms with Gasteiger partial charge in [-0.1, -0.05) is 30.3 Å². The molecule has 0 saturated carbocycles. The van der Waals surface area contributed by atoms with Gasteiger partial charge in [-0.15, -0.1) is 10.2 Å². The molecule has 2 aromatic carbocycles. The molecule has 1 atom stereocenters. The molecule has 1 unspecified atom stereocenters. The number of aromatic amines is 1. The van der Waals surface area contributed by atoms with E-state index in [1.165, 1.54) is 10.9 Å². The van der Waals surface area contributed by atoms with E-state index >= 15 is 0 Å². The summed E-state index contributed by atoms with van der Waals surface area (Å²) in [6, 6.07) is 20.0. The second-order valence-corrected chi connectivity index (χ2v) is 8.66. The fraction of sp³-hybridized carbons (Fsp3) is 0.296. The van der Waals surface area contributed by atoms with Crippen LogP contribution in [0.15, 0.2) is 66.9 Å². The van der Waals surface area contributed by atoms with Crippen LogP contribution in [0.5, 0.6) is 5.75 Å². The summed E-state index contributed by atoms with van der Waals surface area (Å²) >= 11 is 0. The number of para-hydroxylation sites is 2. The van der Waals surface area contributed by atoms with Gasteiger partial charge < -0.3 is 19.9 Å². The highest BCUT2D eigenvalue weighted by atomic mass is 16.5. The number of methoxy groups -OCH3 is 1. The van der Waals surface area contributed by atoms with E-state index in [2.05, 4.69) is 37.5 Å². The zero-order valence-electron chi connectivity index (χ0n) is 19.3. The van der Waals surface area contributed by atoms with E-state index in [4.69, 9.17) is 4.74 Å². The molecule has 1 amide bonds. The van der Waals surface area contributed by atoms with Crippen LogP contribution in [0.1, 0.15) is 18.4 Å². The van der Waals surface area contributed by atoms with Gasteiger partial charge in [-0.25, -0.2) is 0 Å². The van der Waals surface area contributed by atoms with Gasteiger partial charge in [0.1, 0.15) is 5.75 Å². The van der Waals surface area contributed by atoms with E-state index in [1.54, 1.807) is 7.11 Å². The molecule has 7 heteroatoms. The first-order valence-corrected chi connectivity index (χ1v) is 11.8. The van der Waals surface area contributed by atoms with Crippen LogP contribution in [-0.2, 0) is 11.2 Å². The number of H-pyrrole nitrogens is 1. The molecule has 34 heavy (non-hydrogen) atoms. The third-order valence-electron chi connectivity index (χ3n) is 6.52. The Bertz CT molecular complexity index is 1270. The average molecular weight is 456 g/mol. The number of hydrogen-bond acceptors (Lipinski definition) is 5. The van der Waals surface area contributed by atoms with E-state index in [0.717, 1.165) is 54.1 Å². The third kappa shape index (κ3) is 4.59. The van der Waals surface area contributed by atoms with Gasteiger partial charge in [-0.05, 0) is 55.2 Å². The van der Waals surface area contributed by atoms with Crippen molar-refractivity contribution in [3.8, 4) is 17.0 Å². The molecule has 1 fully saturated rings. The minimum Gasteiger partial charge on any atom is -0.496 e. The average Bonchev–Trinajstić information content (AvgIpc) is 3.32. The second kappa shape index (κ2) is 9.95. The number of carbonyl (C=O) groups is 1. The van der Waals surface area contributed by atoms with Crippen LogP contribution in [0.3, 0.4) is 0 Å². The summed E-state index contributed by atoms with van der Waals surface area (Å²) in [6.45, 7) is 2.16. The van der Waals surface area contributed by atoms with Crippen LogP contribution in [0, 0.1) is 5.92 Å². The van der Waals surface area contributed by atoms with Gasteiger partial charge in [0.2, 0.25) is 5.91 Å². The summed E-state index contributed by atoms with van der Waals surface area (Å²) in [6.07, 6.45) is 4.69. The van der Waals surface area contributed by atoms with Gasteiger partial charge >= 0.3 is 0 Å². The number of anilines is 1. The summed E-state index contributed by atoms with van der Waals surface area (Å²) < 4.78 is 5.44. The maximum Gasteiger partial charge on any atom is 0.224 e. The van der Waals surface area contributed by atoms with E-state index in [9.17, 15) is 4.79 Å². The molecule has 1 saturated heterocycles. The van der Waals surface area contributed by atoms with Crippen LogP contribution in [0.4, 0.5) is 5.82 Å². The van der Waals surface area contributed by atoms with Crippen molar-refractivity contribution in [3.05, 3.63) is 72.4 Å². The first kappa shape index (κ1) is 21.9. The number of hydrogen-bond donors (Lipinski definition) is 2. The van der Waals surface area contributed by atoms with E-state index < -0.39 is 0 Å². The fourth-order valence-electron chi connectivity index (χ4n) is 4.70. The minimum atomic E-state index is -0.0487. The number of benzene rings is 2. The van der Waals surface area contributed by atoms with Crippen LogP contribution in [-0.4, -0.2) is 47.8 Å². The molecule has 7 nitrogen and oxygen atoms in total. The van der Waals surface area contributed by atoms with Crippen molar-refractivity contribution in [2.45, 2.75) is 19.3 Å². The molecule has 0 bridgehead atoms. The monoisotopic (exact) mass is 455 g/mol. The molecule has 1 aliphatic rings. The number of rotatable bonds is 7. The Morgan fingerprint density at radius 3 is 2.82 bits per heavy atom. The number of carbonyl (C=O) groups excluding carboxylic acids is 1. The predicted octanol–water partition coefficient (Wildman–Crippen LogP) is 4.21. The number of amides is 1. The molecule has 2 aromatic heterocycles. The van der Waals surface area contributed by atoms with Gasteiger partial charge in [-0.2, -0.15) is 0 Å². The van der Waals surface area contributed by atoms with E-state index in [0.29, 0.717) is 13.1 Å². The topological polar surface area (TPSA) is 83.1 Å². The van der Waals surface area contributed by atoms with Gasteiger partial charge in [0, 0.05) is 42.3 Å². The Hall–Kier alpha value is -3.87. The first-order chi connectivity index (χ1) is 16.7. The molecule has 4 aromatic rings. The van der Waals surface area contributed by atoms with E-state index in [1.807, 2.05) is 54.7 Å². The van der Waals surface area contributed by atoms with Crippen molar-refractivity contribution in [1.29, 1.82) is 0 Å². The minimum absolute atomic E-state index is 0.0487. The van der Waals surface area contributed by atoms with Gasteiger partial charge in [0.05, 0.1) is 18.7 Å². The normalized spacial score (nSPS) is 15.9. The number of piperidine rings is 1. The zero-order valence-corrected chi connectivity index (χ0v) is 19.3. The standard InChI is InChI=1S/C27H29N5O2/c1-34-25-11-5-3-9-22(25)24-12-13-26(31-30-24)32-16-6-7-20(18-32)27(33)28-15-14-19-17-29-23-10-4-2-8-21(19)23/h2-5,8-13,17,20,29H,6-7,14-16,18H2,1H3,(H,28,33). The van der Waals surface area contributed by atoms with Crippen LogP contribution >= 0.6 is 0 Å². The number of nitrogens with one attached hydrogen (secondary N) is 2. The van der Waals surface area contributed by atoms with Crippen LogP contribution in [0.25, 0.3) is 22.2 Å². The Labute approximate surface area is 199 Å². The molecular formula is C27H29N5O2. The van der Waals surface area contributed by atoms with Gasteiger partial charge in [0.15, 0.2) is 5.82 Å². The lowest BCUT2D eigenvalue weighted by Crippen LogP contribution is -2.43. The molecule has 0 aliphatic carbocycles. The van der Waals surface area contributed by atoms with Crippen molar-refractivity contribution in [2.75, 3.05) is 31.6 Å². The molecule has 0 spiro atoms. The Balaban J connectivity index is 1.18. The highest BCUT2D eigenvalue weighted by molar-refractivity contribution is 5.83. The van der Waals surface area contributed by atoms with Crippen molar-refractivity contribution in [2.24, 2.45) is 5.92 Å². The highest BCUT2D eigenvalue weighted by Crippen LogP contribution is 2.29. The van der Waals surface area contributed by atoms with Crippen molar-refractivity contribution in [3.63, 3.8) is 0 Å². The number of nitrogens with zero attached hydrogens (tertiary/aromatic N) is 3. The Kier molecular flexibility index (Phi) is 6.42. The first-order valence-electron chi connectivity index (χ1n) is 11.8. The van der Waals surface area contributed by atoms with Crippen molar-refractivity contribution < 1.29 is 9.53 Å². The van der Waals surface area contributed by atoms with E-state index in [-0.39, 0.29) is 11.8 Å². The Morgan fingerprint density at radius 1 is 1.12 bits per heavy atom. The molecule has 174 valence electrons. The lowest BCUT2D eigenvalue weighted by molar-refractivity contribution is -0.125. The van der Waals surface area contributed by atoms with Gasteiger partial charge in [-0.3, -0.25) is 4.79 Å². The largest absolute Gasteiger partial charge is 0.496 e. The van der Waals surface area contributed by atoms with Crippen LogP contribution < -0.4 is 15.0 Å². The fourth-order valence-corrected chi connectivity index (χ4v) is 4.70. The third-order valence-corrected chi connectivity index (χ3v) is 6.52. The smallest absolute Gasteiger partial charge is 0.224 e. The number of aromatic nitrogens is 3. The summed E-state index contributed by atoms with van der Waals surface area (Å²) in [7, 11) is 1.65. The highest BCUT2D eigenvalue weighted by Gasteiger charge is 2.26. The lowest BCUT2D eigenvalue weighted by Gasteiger charge is -2.32. The van der Waals surface area contributed by atoms with Crippen molar-refractivity contribution in [1.82, 2.24) is 20.5 Å².